The fraction of sp³-hybridized carbons (Fsp3) is 0.182. The number of nitrogens with one attached hydrogen (secondary N) is 2. The Morgan fingerprint density at radius 2 is 1.59 bits per heavy atom. The molecule has 0 saturated heterocycles. The Labute approximate surface area is 174 Å². The molecule has 1 heterocycles. The van der Waals surface area contributed by atoms with Crippen molar-refractivity contribution in [1.82, 2.24) is 10.2 Å². The quantitative estimate of drug-likeness (QED) is 0.593. The van der Waals surface area contributed by atoms with Crippen molar-refractivity contribution in [2.75, 3.05) is 16.4 Å². The first-order valence-electron chi connectivity index (χ1n) is 9.12. The number of benzene rings is 2. The van der Waals surface area contributed by atoms with Gasteiger partial charge in [0.05, 0.1) is 5.75 Å². The molecule has 29 heavy (non-hydrogen) atoms. The second kappa shape index (κ2) is 9.34. The van der Waals surface area contributed by atoms with Crippen molar-refractivity contribution >= 4 is 35.1 Å². The largest absolute Gasteiger partial charge is 0.325 e. The normalized spacial score (nSPS) is 10.4. The minimum atomic E-state index is -0.243. The molecular formula is C22H22N4O2S. The van der Waals surface area contributed by atoms with Gasteiger partial charge in [0.15, 0.2) is 5.82 Å². The molecule has 148 valence electrons. The first kappa shape index (κ1) is 20.5. The molecule has 0 aliphatic carbocycles. The molecule has 2 N–H and O–H groups in total. The molecule has 0 aliphatic rings. The molecule has 6 nitrogen and oxygen atoms in total. The molecule has 0 unspecified atom stereocenters. The summed E-state index contributed by atoms with van der Waals surface area (Å²) >= 11 is 1.29. The third-order valence-electron chi connectivity index (χ3n) is 4.21. The Morgan fingerprint density at radius 3 is 2.28 bits per heavy atom. The number of amides is 2. The van der Waals surface area contributed by atoms with E-state index in [1.54, 1.807) is 24.3 Å². The number of aromatic nitrogens is 2. The summed E-state index contributed by atoms with van der Waals surface area (Å²) in [5, 5.41) is 14.3. The summed E-state index contributed by atoms with van der Waals surface area (Å²) in [5.41, 5.74) is 4.56. The van der Waals surface area contributed by atoms with Gasteiger partial charge >= 0.3 is 0 Å². The van der Waals surface area contributed by atoms with Gasteiger partial charge in [0.25, 0.3) is 5.91 Å². The topological polar surface area (TPSA) is 84.0 Å². The molecule has 0 radical (unpaired) electrons. The van der Waals surface area contributed by atoms with Gasteiger partial charge in [-0.05, 0) is 62.2 Å². The van der Waals surface area contributed by atoms with Crippen LogP contribution in [0.15, 0.2) is 59.6 Å². The standard InChI is InChI=1S/C22H22N4O2S/c1-14-5-8-17(9-6-14)22(28)24-19-10-11-21(26-25-19)29-13-20(27)23-18-12-15(2)4-7-16(18)3/h4-12H,13H2,1-3H3,(H,23,27)(H,24,25,28). The van der Waals surface area contributed by atoms with Gasteiger partial charge in [-0.3, -0.25) is 9.59 Å². The molecule has 2 aromatic carbocycles. The highest BCUT2D eigenvalue weighted by molar-refractivity contribution is 7.99. The van der Waals surface area contributed by atoms with Gasteiger partial charge in [0, 0.05) is 11.3 Å². The molecule has 0 atom stereocenters. The van der Waals surface area contributed by atoms with E-state index in [1.807, 2.05) is 51.1 Å². The van der Waals surface area contributed by atoms with Gasteiger partial charge in [-0.25, -0.2) is 0 Å². The summed E-state index contributed by atoms with van der Waals surface area (Å²) in [6.45, 7) is 5.90. The van der Waals surface area contributed by atoms with E-state index in [1.165, 1.54) is 11.8 Å². The highest BCUT2D eigenvalue weighted by Crippen LogP contribution is 2.19. The summed E-state index contributed by atoms with van der Waals surface area (Å²) in [6.07, 6.45) is 0. The summed E-state index contributed by atoms with van der Waals surface area (Å²) in [4.78, 5) is 24.4. The van der Waals surface area contributed by atoms with Crippen LogP contribution in [-0.4, -0.2) is 27.8 Å². The van der Waals surface area contributed by atoms with Crippen LogP contribution in [0.25, 0.3) is 0 Å². The minimum Gasteiger partial charge on any atom is -0.325 e. The van der Waals surface area contributed by atoms with E-state index in [4.69, 9.17) is 0 Å². The average molecular weight is 407 g/mol. The number of hydrogen-bond donors (Lipinski definition) is 2. The number of rotatable bonds is 6. The predicted molar refractivity (Wildman–Crippen MR) is 116 cm³/mol. The van der Waals surface area contributed by atoms with Crippen LogP contribution < -0.4 is 10.6 Å². The third kappa shape index (κ3) is 5.89. The van der Waals surface area contributed by atoms with E-state index in [0.29, 0.717) is 16.4 Å². The maximum absolute atomic E-state index is 12.2. The summed E-state index contributed by atoms with van der Waals surface area (Å²) in [5.74, 6) is 0.228. The highest BCUT2D eigenvalue weighted by Gasteiger charge is 2.09. The molecule has 7 heteroatoms. The second-order valence-corrected chi connectivity index (χ2v) is 7.73. The van der Waals surface area contributed by atoms with Crippen LogP contribution in [0.1, 0.15) is 27.0 Å². The monoisotopic (exact) mass is 406 g/mol. The lowest BCUT2D eigenvalue weighted by Gasteiger charge is -2.09. The van der Waals surface area contributed by atoms with Crippen LogP contribution >= 0.6 is 11.8 Å². The third-order valence-corrected chi connectivity index (χ3v) is 5.13. The van der Waals surface area contributed by atoms with Crippen molar-refractivity contribution in [2.24, 2.45) is 0 Å². The zero-order valence-electron chi connectivity index (χ0n) is 16.5. The van der Waals surface area contributed by atoms with Gasteiger partial charge in [0.1, 0.15) is 5.03 Å². The van der Waals surface area contributed by atoms with Crippen molar-refractivity contribution < 1.29 is 9.59 Å². The number of nitrogens with zero attached hydrogens (tertiary/aromatic N) is 2. The van der Waals surface area contributed by atoms with Gasteiger partial charge in [-0.15, -0.1) is 10.2 Å². The van der Waals surface area contributed by atoms with E-state index in [2.05, 4.69) is 20.8 Å². The van der Waals surface area contributed by atoms with Crippen LogP contribution in [0.4, 0.5) is 11.5 Å². The molecule has 2 amide bonds. The highest BCUT2D eigenvalue weighted by atomic mass is 32.2. The molecule has 0 aliphatic heterocycles. The van der Waals surface area contributed by atoms with Gasteiger partial charge < -0.3 is 10.6 Å². The van der Waals surface area contributed by atoms with E-state index in [0.717, 1.165) is 22.4 Å². The van der Waals surface area contributed by atoms with Crippen molar-refractivity contribution in [2.45, 2.75) is 25.8 Å². The number of aryl methyl sites for hydroxylation is 3. The van der Waals surface area contributed by atoms with Crippen molar-refractivity contribution in [1.29, 1.82) is 0 Å². The van der Waals surface area contributed by atoms with E-state index in [-0.39, 0.29) is 17.6 Å². The van der Waals surface area contributed by atoms with E-state index >= 15 is 0 Å². The molecule has 0 fully saturated rings. The van der Waals surface area contributed by atoms with Crippen LogP contribution in [0.2, 0.25) is 0 Å². The van der Waals surface area contributed by atoms with Crippen molar-refractivity contribution in [3.8, 4) is 0 Å². The Bertz CT molecular complexity index is 1020. The van der Waals surface area contributed by atoms with Crippen LogP contribution in [0.3, 0.4) is 0 Å². The van der Waals surface area contributed by atoms with Crippen LogP contribution in [0, 0.1) is 20.8 Å². The number of carbonyl (C=O) groups excluding carboxylic acids is 2. The SMILES string of the molecule is Cc1ccc(C(=O)Nc2ccc(SCC(=O)Nc3cc(C)ccc3C)nn2)cc1. The molecule has 3 rings (SSSR count). The second-order valence-electron chi connectivity index (χ2n) is 6.73. The Balaban J connectivity index is 1.52. The smallest absolute Gasteiger partial charge is 0.256 e. The van der Waals surface area contributed by atoms with E-state index in [9.17, 15) is 9.59 Å². The number of hydrogen-bond acceptors (Lipinski definition) is 5. The lowest BCUT2D eigenvalue weighted by Crippen LogP contribution is -2.15. The molecule has 0 spiro atoms. The maximum Gasteiger partial charge on any atom is 0.256 e. The first-order valence-corrected chi connectivity index (χ1v) is 10.1. The number of thioether (sulfide) groups is 1. The first-order chi connectivity index (χ1) is 13.9. The Kier molecular flexibility index (Phi) is 6.61. The average Bonchev–Trinajstić information content (AvgIpc) is 2.70. The van der Waals surface area contributed by atoms with Gasteiger partial charge in [-0.2, -0.15) is 0 Å². The van der Waals surface area contributed by atoms with Crippen LogP contribution in [0.5, 0.6) is 0 Å². The Hall–Kier alpha value is -3.19. The zero-order chi connectivity index (χ0) is 20.8. The maximum atomic E-state index is 12.2. The molecule has 0 bridgehead atoms. The predicted octanol–water partition coefficient (Wildman–Crippen LogP) is 4.38. The van der Waals surface area contributed by atoms with E-state index < -0.39 is 0 Å². The summed E-state index contributed by atoms with van der Waals surface area (Å²) in [6, 6.07) is 16.6. The molecule has 1 aromatic heterocycles. The Morgan fingerprint density at radius 1 is 0.862 bits per heavy atom. The zero-order valence-corrected chi connectivity index (χ0v) is 17.3. The fourth-order valence-electron chi connectivity index (χ4n) is 2.55. The van der Waals surface area contributed by atoms with Crippen molar-refractivity contribution in [3.05, 3.63) is 76.9 Å². The number of anilines is 2. The number of carbonyl (C=O) groups is 2. The minimum absolute atomic E-state index is 0.109. The molecular weight excluding hydrogens is 384 g/mol. The molecule has 0 saturated carbocycles. The van der Waals surface area contributed by atoms with Gasteiger partial charge in [-0.1, -0.05) is 41.6 Å². The summed E-state index contributed by atoms with van der Waals surface area (Å²) < 4.78 is 0. The lowest BCUT2D eigenvalue weighted by molar-refractivity contribution is -0.113. The van der Waals surface area contributed by atoms with Gasteiger partial charge in [0.2, 0.25) is 5.91 Å². The molecule has 3 aromatic rings. The lowest BCUT2D eigenvalue weighted by atomic mass is 10.1. The van der Waals surface area contributed by atoms with Crippen LogP contribution in [-0.2, 0) is 4.79 Å². The summed E-state index contributed by atoms with van der Waals surface area (Å²) in [7, 11) is 0. The fourth-order valence-corrected chi connectivity index (χ4v) is 3.17. The van der Waals surface area contributed by atoms with Crippen molar-refractivity contribution in [3.63, 3.8) is 0 Å².